The van der Waals surface area contributed by atoms with Gasteiger partial charge in [-0.25, -0.2) is 9.67 Å². The van der Waals surface area contributed by atoms with Gasteiger partial charge in [0.15, 0.2) is 0 Å². The molecule has 1 aromatic heterocycles. The van der Waals surface area contributed by atoms with Crippen LogP contribution in [0.25, 0.3) is 5.69 Å². The molecule has 0 aliphatic heterocycles. The predicted octanol–water partition coefficient (Wildman–Crippen LogP) is 2.32. The molecule has 0 unspecified atom stereocenters. The van der Waals surface area contributed by atoms with Crippen LogP contribution in [0.1, 0.15) is 25.0 Å². The van der Waals surface area contributed by atoms with Crippen molar-refractivity contribution in [1.29, 1.82) is 0 Å². The Bertz CT molecular complexity index is 489. The topological polar surface area (TPSA) is 42.7 Å². The molecule has 4 heteroatoms. The van der Waals surface area contributed by atoms with Gasteiger partial charge in [-0.1, -0.05) is 31.5 Å². The zero-order chi connectivity index (χ0) is 13.0. The molecule has 0 aliphatic rings. The van der Waals surface area contributed by atoms with Gasteiger partial charge in [0.25, 0.3) is 0 Å². The summed E-state index contributed by atoms with van der Waals surface area (Å²) in [7, 11) is 0. The Morgan fingerprint density at radius 3 is 2.83 bits per heavy atom. The number of aromatic nitrogens is 3. The summed E-state index contributed by atoms with van der Waals surface area (Å²) in [5.41, 5.74) is 3.61. The molecule has 1 aromatic carbocycles. The first-order valence-electron chi connectivity index (χ1n) is 6.32. The van der Waals surface area contributed by atoms with E-state index in [1.54, 1.807) is 12.7 Å². The molecule has 0 atom stereocenters. The summed E-state index contributed by atoms with van der Waals surface area (Å²) in [6, 6.07) is 6.39. The summed E-state index contributed by atoms with van der Waals surface area (Å²) in [6.45, 7) is 8.40. The molecule has 0 fully saturated rings. The molecule has 0 saturated heterocycles. The van der Waals surface area contributed by atoms with E-state index in [9.17, 15) is 0 Å². The Morgan fingerprint density at radius 2 is 2.17 bits per heavy atom. The van der Waals surface area contributed by atoms with Gasteiger partial charge in [-0.2, -0.15) is 5.10 Å². The fourth-order valence-corrected chi connectivity index (χ4v) is 1.91. The Balaban J connectivity index is 2.19. The Hall–Kier alpha value is -1.68. The maximum absolute atomic E-state index is 4.20. The second-order valence-corrected chi connectivity index (χ2v) is 5.00. The monoisotopic (exact) mass is 244 g/mol. The minimum atomic E-state index is 0.657. The van der Waals surface area contributed by atoms with E-state index in [0.29, 0.717) is 5.92 Å². The molecule has 0 aliphatic carbocycles. The molecule has 2 rings (SSSR count). The lowest BCUT2D eigenvalue weighted by molar-refractivity contribution is 0.551. The lowest BCUT2D eigenvalue weighted by Crippen LogP contribution is -2.20. The number of aryl methyl sites for hydroxylation is 1. The summed E-state index contributed by atoms with van der Waals surface area (Å²) in [6.07, 6.45) is 3.29. The zero-order valence-corrected chi connectivity index (χ0v) is 11.2. The molecule has 2 aromatic rings. The van der Waals surface area contributed by atoms with Crippen molar-refractivity contribution >= 4 is 0 Å². The van der Waals surface area contributed by atoms with Gasteiger partial charge in [0, 0.05) is 6.54 Å². The maximum Gasteiger partial charge on any atom is 0.138 e. The van der Waals surface area contributed by atoms with Crippen molar-refractivity contribution in [2.75, 3.05) is 6.54 Å². The minimum Gasteiger partial charge on any atom is -0.312 e. The minimum absolute atomic E-state index is 0.657. The Labute approximate surface area is 108 Å². The van der Waals surface area contributed by atoms with Crippen LogP contribution in [-0.4, -0.2) is 21.3 Å². The fourth-order valence-electron chi connectivity index (χ4n) is 1.91. The highest BCUT2D eigenvalue weighted by Crippen LogP contribution is 2.15. The summed E-state index contributed by atoms with van der Waals surface area (Å²) >= 11 is 0. The van der Waals surface area contributed by atoms with Gasteiger partial charge >= 0.3 is 0 Å². The van der Waals surface area contributed by atoms with Gasteiger partial charge in [-0.05, 0) is 31.0 Å². The van der Waals surface area contributed by atoms with Crippen LogP contribution in [0.3, 0.4) is 0 Å². The van der Waals surface area contributed by atoms with Gasteiger partial charge in [0.2, 0.25) is 0 Å². The van der Waals surface area contributed by atoms with Crippen molar-refractivity contribution < 1.29 is 0 Å². The van der Waals surface area contributed by atoms with Crippen LogP contribution in [-0.2, 0) is 6.54 Å². The molecular formula is C14H20N4. The highest BCUT2D eigenvalue weighted by Gasteiger charge is 2.05. The van der Waals surface area contributed by atoms with E-state index in [1.807, 2.05) is 4.68 Å². The van der Waals surface area contributed by atoms with Gasteiger partial charge in [-0.3, -0.25) is 0 Å². The average molecular weight is 244 g/mol. The van der Waals surface area contributed by atoms with E-state index in [2.05, 4.69) is 54.4 Å². The van der Waals surface area contributed by atoms with Crippen molar-refractivity contribution in [2.45, 2.75) is 27.3 Å². The van der Waals surface area contributed by atoms with Crippen LogP contribution in [0.15, 0.2) is 30.9 Å². The molecule has 0 bridgehead atoms. The van der Waals surface area contributed by atoms with E-state index in [0.717, 1.165) is 18.8 Å². The third-order valence-corrected chi connectivity index (χ3v) is 2.77. The maximum atomic E-state index is 4.20. The molecule has 96 valence electrons. The van der Waals surface area contributed by atoms with Crippen molar-refractivity contribution in [3.05, 3.63) is 42.0 Å². The SMILES string of the molecule is Cc1ccc(-n2cncn2)c(CNCC(C)C)c1. The van der Waals surface area contributed by atoms with Crippen molar-refractivity contribution in [2.24, 2.45) is 5.92 Å². The van der Waals surface area contributed by atoms with E-state index in [4.69, 9.17) is 0 Å². The summed E-state index contributed by atoms with van der Waals surface area (Å²) in [4.78, 5) is 4.00. The highest BCUT2D eigenvalue weighted by molar-refractivity contribution is 5.42. The van der Waals surface area contributed by atoms with Crippen LogP contribution in [0.2, 0.25) is 0 Å². The van der Waals surface area contributed by atoms with E-state index in [-0.39, 0.29) is 0 Å². The number of nitrogens with one attached hydrogen (secondary N) is 1. The summed E-state index contributed by atoms with van der Waals surface area (Å²) in [5.74, 6) is 0.657. The Kier molecular flexibility index (Phi) is 4.10. The standard InChI is InChI=1S/C14H20N4/c1-11(2)7-15-8-13-6-12(3)4-5-14(13)18-10-16-9-17-18/h4-6,9-11,15H,7-8H2,1-3H3. The molecule has 1 N–H and O–H groups in total. The van der Waals surface area contributed by atoms with Crippen LogP contribution >= 0.6 is 0 Å². The average Bonchev–Trinajstić information content (AvgIpc) is 2.82. The molecule has 0 spiro atoms. The number of hydrogen-bond acceptors (Lipinski definition) is 3. The van der Waals surface area contributed by atoms with Crippen LogP contribution in [0.4, 0.5) is 0 Å². The first-order valence-corrected chi connectivity index (χ1v) is 6.32. The number of rotatable bonds is 5. The van der Waals surface area contributed by atoms with Crippen LogP contribution < -0.4 is 5.32 Å². The smallest absolute Gasteiger partial charge is 0.138 e. The molecule has 0 saturated carbocycles. The second-order valence-electron chi connectivity index (χ2n) is 5.00. The van der Waals surface area contributed by atoms with Crippen LogP contribution in [0, 0.1) is 12.8 Å². The quantitative estimate of drug-likeness (QED) is 0.877. The van der Waals surface area contributed by atoms with E-state index in [1.165, 1.54) is 11.1 Å². The van der Waals surface area contributed by atoms with E-state index < -0.39 is 0 Å². The second kappa shape index (κ2) is 5.78. The number of nitrogens with zero attached hydrogens (tertiary/aromatic N) is 3. The fraction of sp³-hybridized carbons (Fsp3) is 0.429. The number of benzene rings is 1. The lowest BCUT2D eigenvalue weighted by Gasteiger charge is -2.12. The molecule has 0 amide bonds. The molecule has 4 nitrogen and oxygen atoms in total. The largest absolute Gasteiger partial charge is 0.312 e. The van der Waals surface area contributed by atoms with E-state index >= 15 is 0 Å². The first kappa shape index (κ1) is 12.8. The summed E-state index contributed by atoms with van der Waals surface area (Å²) in [5, 5.41) is 7.67. The van der Waals surface area contributed by atoms with Gasteiger partial charge < -0.3 is 5.32 Å². The summed E-state index contributed by atoms with van der Waals surface area (Å²) < 4.78 is 1.81. The number of hydrogen-bond donors (Lipinski definition) is 1. The molecule has 1 heterocycles. The van der Waals surface area contributed by atoms with Crippen molar-refractivity contribution in [1.82, 2.24) is 20.1 Å². The lowest BCUT2D eigenvalue weighted by atomic mass is 10.1. The zero-order valence-electron chi connectivity index (χ0n) is 11.2. The van der Waals surface area contributed by atoms with Gasteiger partial charge in [0.1, 0.15) is 12.7 Å². The molecule has 0 radical (unpaired) electrons. The van der Waals surface area contributed by atoms with Crippen molar-refractivity contribution in [3.63, 3.8) is 0 Å². The van der Waals surface area contributed by atoms with Crippen molar-refractivity contribution in [3.8, 4) is 5.69 Å². The highest BCUT2D eigenvalue weighted by atomic mass is 15.3. The molecule has 18 heavy (non-hydrogen) atoms. The third kappa shape index (κ3) is 3.17. The Morgan fingerprint density at radius 1 is 1.33 bits per heavy atom. The van der Waals surface area contributed by atoms with Gasteiger partial charge in [0.05, 0.1) is 5.69 Å². The van der Waals surface area contributed by atoms with Gasteiger partial charge in [-0.15, -0.1) is 0 Å². The normalized spacial score (nSPS) is 11.1. The molecular weight excluding hydrogens is 224 g/mol. The van der Waals surface area contributed by atoms with Crippen LogP contribution in [0.5, 0.6) is 0 Å². The first-order chi connectivity index (χ1) is 8.66. The predicted molar refractivity (Wildman–Crippen MR) is 72.6 cm³/mol. The third-order valence-electron chi connectivity index (χ3n) is 2.77.